The summed E-state index contributed by atoms with van der Waals surface area (Å²) in [5.74, 6) is -1.35. The van der Waals surface area contributed by atoms with Crippen LogP contribution in [0.15, 0.2) is 24.3 Å². The molecule has 3 N–H and O–H groups in total. The summed E-state index contributed by atoms with van der Waals surface area (Å²) in [6, 6.07) is 5.41. The van der Waals surface area contributed by atoms with E-state index in [9.17, 15) is 14.4 Å². The van der Waals surface area contributed by atoms with Crippen LogP contribution in [0.4, 0.5) is 0 Å². The summed E-state index contributed by atoms with van der Waals surface area (Å²) in [6.07, 6.45) is 7.10. The largest absolute Gasteiger partial charge is 0.478 e. The second-order valence-electron chi connectivity index (χ2n) is 6.22. The van der Waals surface area contributed by atoms with Gasteiger partial charge in [0, 0.05) is 5.92 Å². The molecule has 1 heterocycles. The number of nitrogens with one attached hydrogen (secondary N) is 1. The Kier molecular flexibility index (Phi) is 6.49. The Labute approximate surface area is 140 Å². The molecule has 1 unspecified atom stereocenters. The molecular weight excluding hydrogens is 310 g/mol. The van der Waals surface area contributed by atoms with Crippen molar-refractivity contribution >= 4 is 17.7 Å². The molecule has 1 aromatic carbocycles. The molecule has 1 saturated heterocycles. The maximum atomic E-state index is 11.8. The predicted molar refractivity (Wildman–Crippen MR) is 88.4 cm³/mol. The van der Waals surface area contributed by atoms with Crippen molar-refractivity contribution in [1.29, 1.82) is 0 Å². The second kappa shape index (κ2) is 8.59. The van der Waals surface area contributed by atoms with Crippen LogP contribution in [0, 0.1) is 5.92 Å². The predicted octanol–water partition coefficient (Wildman–Crippen LogP) is 2.58. The molecule has 1 aliphatic heterocycles. The molecule has 0 radical (unpaired) electrons. The minimum absolute atomic E-state index is 0.0186. The van der Waals surface area contributed by atoms with E-state index in [1.54, 1.807) is 0 Å². The van der Waals surface area contributed by atoms with Crippen LogP contribution in [-0.4, -0.2) is 40.5 Å². The third-order valence-corrected chi connectivity index (χ3v) is 4.52. The molecule has 0 bridgehead atoms. The first-order valence-corrected chi connectivity index (χ1v) is 8.33. The van der Waals surface area contributed by atoms with Crippen LogP contribution in [0.2, 0.25) is 0 Å². The van der Waals surface area contributed by atoms with E-state index in [-0.39, 0.29) is 17.2 Å². The summed E-state index contributed by atoms with van der Waals surface area (Å²) in [6.45, 7) is 1.04. The van der Waals surface area contributed by atoms with Gasteiger partial charge in [-0.2, -0.15) is 0 Å². The molecular formula is C18H23NO5. The van der Waals surface area contributed by atoms with Gasteiger partial charge >= 0.3 is 11.9 Å². The van der Waals surface area contributed by atoms with Gasteiger partial charge in [0.25, 0.3) is 0 Å². The number of benzene rings is 1. The van der Waals surface area contributed by atoms with Gasteiger partial charge in [-0.05, 0) is 50.4 Å². The lowest BCUT2D eigenvalue weighted by molar-refractivity contribution is -0.124. The van der Waals surface area contributed by atoms with Gasteiger partial charge in [-0.3, -0.25) is 4.79 Å². The van der Waals surface area contributed by atoms with Crippen LogP contribution in [0.5, 0.6) is 0 Å². The first kappa shape index (κ1) is 18.1. The van der Waals surface area contributed by atoms with Crippen molar-refractivity contribution in [3.05, 3.63) is 35.4 Å². The van der Waals surface area contributed by atoms with Gasteiger partial charge in [-0.15, -0.1) is 0 Å². The van der Waals surface area contributed by atoms with Crippen LogP contribution >= 0.6 is 0 Å². The number of carbonyl (C=O) groups excluding carboxylic acids is 1. The first-order valence-electron chi connectivity index (χ1n) is 8.33. The normalized spacial score (nSPS) is 20.2. The van der Waals surface area contributed by atoms with E-state index >= 15 is 0 Å². The lowest BCUT2D eigenvalue weighted by atomic mass is 9.96. The highest BCUT2D eigenvalue weighted by atomic mass is 16.4. The van der Waals surface area contributed by atoms with Crippen LogP contribution in [-0.2, 0) is 4.79 Å². The average Bonchev–Trinajstić information content (AvgIpc) is 3.28. The standard InChI is InChI=1S/C10H17NO.C8H6O4/c12-10(8-4-1-2-5-8)9-6-3-7-11-9;9-7(10)5-2-1-3-6(4-5)8(11)12/h8-9,11H,1-7H2;1-4H,(H,9,10)(H,11,12). The Morgan fingerprint density at radius 1 is 0.917 bits per heavy atom. The fourth-order valence-electron chi connectivity index (χ4n) is 3.21. The minimum Gasteiger partial charge on any atom is -0.478 e. The Morgan fingerprint density at radius 3 is 1.96 bits per heavy atom. The number of Topliss-reactive ketones (excluding diaryl/α,β-unsaturated/α-hetero) is 1. The molecule has 6 heteroatoms. The molecule has 0 spiro atoms. The summed E-state index contributed by atoms with van der Waals surface area (Å²) >= 11 is 0. The number of ketones is 1. The smallest absolute Gasteiger partial charge is 0.335 e. The van der Waals surface area contributed by atoms with E-state index in [4.69, 9.17) is 10.2 Å². The van der Waals surface area contributed by atoms with Crippen molar-refractivity contribution in [1.82, 2.24) is 5.32 Å². The maximum Gasteiger partial charge on any atom is 0.335 e. The zero-order valence-electron chi connectivity index (χ0n) is 13.5. The lowest BCUT2D eigenvalue weighted by Crippen LogP contribution is -2.34. The van der Waals surface area contributed by atoms with Crippen LogP contribution < -0.4 is 5.32 Å². The number of hydrogen-bond acceptors (Lipinski definition) is 4. The van der Waals surface area contributed by atoms with Gasteiger partial charge < -0.3 is 15.5 Å². The zero-order valence-corrected chi connectivity index (χ0v) is 13.5. The lowest BCUT2D eigenvalue weighted by Gasteiger charge is -2.13. The molecule has 0 amide bonds. The van der Waals surface area contributed by atoms with Crippen LogP contribution in [0.1, 0.15) is 59.2 Å². The number of aromatic carboxylic acids is 2. The molecule has 130 valence electrons. The summed E-state index contributed by atoms with van der Waals surface area (Å²) in [5.41, 5.74) is -0.0372. The molecule has 0 aromatic heterocycles. The molecule has 1 saturated carbocycles. The van der Waals surface area contributed by atoms with E-state index in [1.807, 2.05) is 0 Å². The molecule has 6 nitrogen and oxygen atoms in total. The zero-order chi connectivity index (χ0) is 17.5. The van der Waals surface area contributed by atoms with Crippen molar-refractivity contribution in [3.63, 3.8) is 0 Å². The minimum atomic E-state index is -1.13. The second-order valence-corrected chi connectivity index (χ2v) is 6.22. The average molecular weight is 333 g/mol. The molecule has 2 fully saturated rings. The summed E-state index contributed by atoms with van der Waals surface area (Å²) in [7, 11) is 0. The molecule has 1 aromatic rings. The Balaban J connectivity index is 0.000000174. The number of carboxylic acids is 2. The summed E-state index contributed by atoms with van der Waals surface area (Å²) < 4.78 is 0. The molecule has 1 atom stereocenters. The Bertz CT molecular complexity index is 554. The molecule has 24 heavy (non-hydrogen) atoms. The van der Waals surface area contributed by atoms with Gasteiger partial charge in [0.2, 0.25) is 0 Å². The van der Waals surface area contributed by atoms with Crippen molar-refractivity contribution in [2.75, 3.05) is 6.54 Å². The van der Waals surface area contributed by atoms with Crippen molar-refractivity contribution in [2.45, 2.75) is 44.6 Å². The fraction of sp³-hybridized carbons (Fsp3) is 0.500. The molecule has 2 aliphatic rings. The van der Waals surface area contributed by atoms with Crippen molar-refractivity contribution in [3.8, 4) is 0 Å². The van der Waals surface area contributed by atoms with E-state index in [0.717, 1.165) is 31.9 Å². The highest BCUT2D eigenvalue weighted by Crippen LogP contribution is 2.27. The van der Waals surface area contributed by atoms with Gasteiger partial charge in [-0.25, -0.2) is 9.59 Å². The molecule has 3 rings (SSSR count). The summed E-state index contributed by atoms with van der Waals surface area (Å²) in [5, 5.41) is 20.3. The van der Waals surface area contributed by atoms with Crippen LogP contribution in [0.25, 0.3) is 0 Å². The summed E-state index contributed by atoms with van der Waals surface area (Å²) in [4.78, 5) is 32.6. The van der Waals surface area contributed by atoms with Gasteiger partial charge in [-0.1, -0.05) is 18.9 Å². The third-order valence-electron chi connectivity index (χ3n) is 4.52. The fourth-order valence-corrected chi connectivity index (χ4v) is 3.21. The SMILES string of the molecule is O=C(C1CCCC1)C1CCCN1.O=C(O)c1cccc(C(=O)O)c1. The van der Waals surface area contributed by atoms with E-state index in [0.29, 0.717) is 11.7 Å². The van der Waals surface area contributed by atoms with Gasteiger partial charge in [0.05, 0.1) is 17.2 Å². The van der Waals surface area contributed by atoms with E-state index in [1.165, 1.54) is 37.5 Å². The van der Waals surface area contributed by atoms with E-state index < -0.39 is 11.9 Å². The highest BCUT2D eigenvalue weighted by molar-refractivity contribution is 5.93. The number of rotatable bonds is 4. The Hall–Kier alpha value is -2.21. The van der Waals surface area contributed by atoms with Crippen LogP contribution in [0.3, 0.4) is 0 Å². The van der Waals surface area contributed by atoms with Crippen molar-refractivity contribution < 1.29 is 24.6 Å². The first-order chi connectivity index (χ1) is 11.5. The number of hydrogen-bond donors (Lipinski definition) is 3. The highest BCUT2D eigenvalue weighted by Gasteiger charge is 2.30. The topological polar surface area (TPSA) is 104 Å². The van der Waals surface area contributed by atoms with Crippen molar-refractivity contribution in [2.24, 2.45) is 5.92 Å². The molecule has 1 aliphatic carbocycles. The maximum absolute atomic E-state index is 11.8. The number of carbonyl (C=O) groups is 3. The monoisotopic (exact) mass is 333 g/mol. The van der Waals surface area contributed by atoms with E-state index in [2.05, 4.69) is 5.32 Å². The third kappa shape index (κ3) is 4.89. The quantitative estimate of drug-likeness (QED) is 0.782. The number of carboxylic acid groups (broad SMARTS) is 2. The van der Waals surface area contributed by atoms with Gasteiger partial charge in [0.15, 0.2) is 5.78 Å². The Morgan fingerprint density at radius 2 is 1.50 bits per heavy atom. The van der Waals surface area contributed by atoms with Gasteiger partial charge in [0.1, 0.15) is 0 Å².